The molecule has 6 heteroatoms. The van der Waals surface area contributed by atoms with E-state index in [0.717, 1.165) is 28.3 Å². The summed E-state index contributed by atoms with van der Waals surface area (Å²) in [6.07, 6.45) is -0.971. The zero-order valence-electron chi connectivity index (χ0n) is 15.2. The van der Waals surface area contributed by atoms with Crippen LogP contribution in [0.4, 0.5) is 9.18 Å². The first-order valence-corrected chi connectivity index (χ1v) is 9.22. The summed E-state index contributed by atoms with van der Waals surface area (Å²) in [5, 5.41) is 8.78. The number of carboxylic acid groups (broad SMARTS) is 1. The van der Waals surface area contributed by atoms with Crippen LogP contribution in [0.3, 0.4) is 0 Å². The first-order chi connectivity index (χ1) is 13.5. The van der Waals surface area contributed by atoms with Crippen molar-refractivity contribution in [3.8, 4) is 11.1 Å². The minimum Gasteiger partial charge on any atom is -0.478 e. The lowest BCUT2D eigenvalue weighted by molar-refractivity contribution is -0.131. The van der Waals surface area contributed by atoms with Crippen LogP contribution in [0.25, 0.3) is 11.1 Å². The van der Waals surface area contributed by atoms with Crippen molar-refractivity contribution >= 4 is 12.1 Å². The Hall–Kier alpha value is -3.15. The van der Waals surface area contributed by atoms with E-state index in [1.54, 1.807) is 0 Å². The van der Waals surface area contributed by atoms with E-state index < -0.39 is 18.2 Å². The van der Waals surface area contributed by atoms with E-state index >= 15 is 0 Å². The lowest BCUT2D eigenvalue weighted by Crippen LogP contribution is -2.42. The van der Waals surface area contributed by atoms with Gasteiger partial charge in [0.2, 0.25) is 0 Å². The average Bonchev–Trinajstić information content (AvgIpc) is 3.01. The van der Waals surface area contributed by atoms with Gasteiger partial charge in [0, 0.05) is 18.5 Å². The van der Waals surface area contributed by atoms with Gasteiger partial charge in [-0.15, -0.1) is 0 Å². The van der Waals surface area contributed by atoms with Gasteiger partial charge in [0.25, 0.3) is 0 Å². The largest absolute Gasteiger partial charge is 0.478 e. The van der Waals surface area contributed by atoms with E-state index in [0.29, 0.717) is 0 Å². The van der Waals surface area contributed by atoms with Crippen molar-refractivity contribution < 1.29 is 23.8 Å². The summed E-state index contributed by atoms with van der Waals surface area (Å²) in [6.45, 7) is 0.240. The number of nitrogens with zero attached hydrogens (tertiary/aromatic N) is 1. The Balaban J connectivity index is 1.44. The predicted octanol–water partition coefficient (Wildman–Crippen LogP) is 3.99. The van der Waals surface area contributed by atoms with Gasteiger partial charge in [-0.2, -0.15) is 0 Å². The molecule has 1 saturated heterocycles. The fourth-order valence-electron chi connectivity index (χ4n) is 4.00. The minimum absolute atomic E-state index is 0.0511. The molecule has 4 rings (SSSR count). The van der Waals surface area contributed by atoms with Crippen LogP contribution in [0.2, 0.25) is 0 Å². The van der Waals surface area contributed by atoms with Crippen LogP contribution in [-0.2, 0) is 9.53 Å². The van der Waals surface area contributed by atoms with Gasteiger partial charge in [-0.05, 0) is 34.2 Å². The normalized spacial score (nSPS) is 20.0. The topological polar surface area (TPSA) is 66.8 Å². The Labute approximate surface area is 162 Å². The van der Waals surface area contributed by atoms with Crippen molar-refractivity contribution in [3.05, 3.63) is 71.3 Å². The molecule has 28 heavy (non-hydrogen) atoms. The van der Waals surface area contributed by atoms with Crippen LogP contribution in [0.5, 0.6) is 0 Å². The second kappa shape index (κ2) is 7.46. The molecule has 5 nitrogen and oxygen atoms in total. The SMILES string of the molecule is O=C(O)/C=C1/CCN(C(=O)OCC2c3ccccc3-c3ccccc32)CC1F. The summed E-state index contributed by atoms with van der Waals surface area (Å²) < 4.78 is 19.7. The van der Waals surface area contributed by atoms with Crippen LogP contribution in [0, 0.1) is 0 Å². The van der Waals surface area contributed by atoms with Crippen molar-refractivity contribution in [1.82, 2.24) is 4.90 Å². The molecule has 144 valence electrons. The van der Waals surface area contributed by atoms with Crippen molar-refractivity contribution in [2.24, 2.45) is 0 Å². The van der Waals surface area contributed by atoms with Gasteiger partial charge in [-0.3, -0.25) is 0 Å². The van der Waals surface area contributed by atoms with Crippen LogP contribution in [0.15, 0.2) is 60.2 Å². The number of hydrogen-bond acceptors (Lipinski definition) is 3. The van der Waals surface area contributed by atoms with E-state index in [-0.39, 0.29) is 37.6 Å². The van der Waals surface area contributed by atoms with E-state index in [1.807, 2.05) is 36.4 Å². The Morgan fingerprint density at radius 1 is 1.11 bits per heavy atom. The maximum Gasteiger partial charge on any atom is 0.409 e. The lowest BCUT2D eigenvalue weighted by Gasteiger charge is -2.30. The number of ether oxygens (including phenoxy) is 1. The summed E-state index contributed by atoms with van der Waals surface area (Å²) in [4.78, 5) is 24.5. The highest BCUT2D eigenvalue weighted by atomic mass is 19.1. The number of fused-ring (bicyclic) bond motifs is 3. The predicted molar refractivity (Wildman–Crippen MR) is 102 cm³/mol. The van der Waals surface area contributed by atoms with Crippen LogP contribution >= 0.6 is 0 Å². The summed E-state index contributed by atoms with van der Waals surface area (Å²) in [6, 6.07) is 16.1. The number of hydrogen-bond donors (Lipinski definition) is 1. The van der Waals surface area contributed by atoms with Gasteiger partial charge in [-0.1, -0.05) is 48.5 Å². The number of benzene rings is 2. The number of rotatable bonds is 3. The molecule has 2 aromatic rings. The summed E-state index contributed by atoms with van der Waals surface area (Å²) in [5.41, 5.74) is 4.72. The van der Waals surface area contributed by atoms with Crippen LogP contribution < -0.4 is 0 Å². The van der Waals surface area contributed by atoms with Crippen molar-refractivity contribution in [3.63, 3.8) is 0 Å². The molecule has 1 aliphatic heterocycles. The summed E-state index contributed by atoms with van der Waals surface area (Å²) in [7, 11) is 0. The first-order valence-electron chi connectivity index (χ1n) is 9.22. The monoisotopic (exact) mass is 381 g/mol. The Morgan fingerprint density at radius 2 is 1.71 bits per heavy atom. The molecule has 0 radical (unpaired) electrons. The number of piperidine rings is 1. The molecule has 0 saturated carbocycles. The number of carbonyl (C=O) groups is 2. The van der Waals surface area contributed by atoms with Crippen LogP contribution in [0.1, 0.15) is 23.5 Å². The summed E-state index contributed by atoms with van der Waals surface area (Å²) >= 11 is 0. The molecule has 1 atom stereocenters. The van der Waals surface area contributed by atoms with E-state index in [9.17, 15) is 14.0 Å². The molecule has 1 heterocycles. The minimum atomic E-state index is -1.48. The Bertz CT molecular complexity index is 910. The number of carbonyl (C=O) groups excluding carboxylic acids is 1. The third-order valence-electron chi connectivity index (χ3n) is 5.36. The molecular formula is C22H20FNO4. The maximum absolute atomic E-state index is 14.2. The van der Waals surface area contributed by atoms with Crippen molar-refractivity contribution in [2.75, 3.05) is 19.7 Å². The maximum atomic E-state index is 14.2. The number of alkyl halides is 1. The molecule has 1 fully saturated rings. The third kappa shape index (κ3) is 3.38. The average molecular weight is 381 g/mol. The molecule has 1 N–H and O–H groups in total. The highest BCUT2D eigenvalue weighted by Crippen LogP contribution is 2.44. The number of amides is 1. The zero-order chi connectivity index (χ0) is 19.7. The standard InChI is InChI=1S/C22H20FNO4/c23-20-12-24(10-9-14(20)11-21(25)26)22(27)28-13-19-17-7-3-1-5-15(17)16-6-2-4-8-18(16)19/h1-8,11,19-20H,9-10,12-13H2,(H,25,26)/b14-11-. The van der Waals surface area contributed by atoms with Gasteiger partial charge in [0.15, 0.2) is 0 Å². The molecule has 1 amide bonds. The van der Waals surface area contributed by atoms with Gasteiger partial charge < -0.3 is 14.7 Å². The second-order valence-electron chi connectivity index (χ2n) is 7.03. The fourth-order valence-corrected chi connectivity index (χ4v) is 4.00. The number of aliphatic carboxylic acids is 1. The van der Waals surface area contributed by atoms with Gasteiger partial charge in [0.1, 0.15) is 12.8 Å². The molecule has 2 aromatic carbocycles. The number of likely N-dealkylation sites (tertiary alicyclic amines) is 1. The Kier molecular flexibility index (Phi) is 4.86. The lowest BCUT2D eigenvalue weighted by atomic mass is 9.98. The fraction of sp³-hybridized carbons (Fsp3) is 0.273. The van der Waals surface area contributed by atoms with Gasteiger partial charge in [-0.25, -0.2) is 14.0 Å². The molecule has 0 bridgehead atoms. The summed E-state index contributed by atoms with van der Waals surface area (Å²) in [5.74, 6) is -1.22. The van der Waals surface area contributed by atoms with Crippen LogP contribution in [-0.4, -0.2) is 47.9 Å². The molecule has 0 aromatic heterocycles. The number of carboxylic acids is 1. The van der Waals surface area contributed by atoms with E-state index in [2.05, 4.69) is 12.1 Å². The molecule has 0 spiro atoms. The quantitative estimate of drug-likeness (QED) is 0.817. The highest BCUT2D eigenvalue weighted by molar-refractivity contribution is 5.81. The second-order valence-corrected chi connectivity index (χ2v) is 7.03. The smallest absolute Gasteiger partial charge is 0.409 e. The van der Waals surface area contributed by atoms with Gasteiger partial charge >= 0.3 is 12.1 Å². The molecule has 1 aliphatic carbocycles. The third-order valence-corrected chi connectivity index (χ3v) is 5.36. The van der Waals surface area contributed by atoms with Crippen molar-refractivity contribution in [2.45, 2.75) is 18.5 Å². The molecule has 1 unspecified atom stereocenters. The highest BCUT2D eigenvalue weighted by Gasteiger charge is 2.32. The van der Waals surface area contributed by atoms with E-state index in [1.165, 1.54) is 4.90 Å². The van der Waals surface area contributed by atoms with Gasteiger partial charge in [0.05, 0.1) is 6.54 Å². The van der Waals surface area contributed by atoms with Crippen molar-refractivity contribution in [1.29, 1.82) is 0 Å². The zero-order valence-corrected chi connectivity index (χ0v) is 15.2. The molecule has 2 aliphatic rings. The van der Waals surface area contributed by atoms with E-state index in [4.69, 9.17) is 9.84 Å². The number of halogens is 1. The Morgan fingerprint density at radius 3 is 2.29 bits per heavy atom. The first kappa shape index (κ1) is 18.2. The molecular weight excluding hydrogens is 361 g/mol.